The Bertz CT molecular complexity index is 734. The Hall–Kier alpha value is -1.75. The van der Waals surface area contributed by atoms with E-state index < -0.39 is 6.04 Å². The van der Waals surface area contributed by atoms with Gasteiger partial charge in [-0.25, -0.2) is 0 Å². The third-order valence-corrected chi connectivity index (χ3v) is 4.41. The fraction of sp³-hybridized carbons (Fsp3) is 0.235. The molecular formula is C17H16Cl2N2O2. The molecule has 2 atom stereocenters. The van der Waals surface area contributed by atoms with Crippen LogP contribution in [0.4, 0.5) is 5.69 Å². The van der Waals surface area contributed by atoms with Crippen molar-refractivity contribution < 1.29 is 9.53 Å². The number of rotatable bonds is 4. The molecule has 23 heavy (non-hydrogen) atoms. The lowest BCUT2D eigenvalue weighted by atomic mass is 9.88. The van der Waals surface area contributed by atoms with Crippen LogP contribution in [0.3, 0.4) is 0 Å². The van der Waals surface area contributed by atoms with Crippen LogP contribution < -0.4 is 15.4 Å². The Morgan fingerprint density at radius 2 is 1.87 bits per heavy atom. The number of benzene rings is 2. The number of hydrogen-bond acceptors (Lipinski definition) is 3. The Kier molecular flexibility index (Phi) is 4.48. The smallest absolute Gasteiger partial charge is 0.247 e. The molecule has 2 N–H and O–H groups in total. The van der Waals surface area contributed by atoms with E-state index in [0.717, 1.165) is 17.0 Å². The summed E-state index contributed by atoms with van der Waals surface area (Å²) in [5.74, 6) is 0.625. The molecule has 0 saturated carbocycles. The Labute approximate surface area is 144 Å². The first-order valence-corrected chi connectivity index (χ1v) is 8.05. The molecule has 2 aromatic rings. The van der Waals surface area contributed by atoms with Crippen LogP contribution in [0.1, 0.15) is 18.5 Å². The molecule has 1 fully saturated rings. The summed E-state index contributed by atoms with van der Waals surface area (Å²) in [6, 6.07) is 11.6. The van der Waals surface area contributed by atoms with Crippen molar-refractivity contribution in [3.63, 3.8) is 0 Å². The maximum absolute atomic E-state index is 12.2. The van der Waals surface area contributed by atoms with E-state index in [-0.39, 0.29) is 11.9 Å². The Balaban J connectivity index is 1.92. The molecule has 1 aliphatic heterocycles. The van der Waals surface area contributed by atoms with Crippen LogP contribution in [0.5, 0.6) is 5.75 Å². The minimum atomic E-state index is -0.611. The standard InChI is InChI=1S/C17H16Cl2N2O2/c1-2-23-12-6-4-11(5-7-12)21-16(15(20)17(21)22)13-8-3-10(18)9-14(13)19/h3-9,15-16H,2,20H2,1H3/t15-,16+/m1/s1. The Morgan fingerprint density at radius 3 is 2.48 bits per heavy atom. The van der Waals surface area contributed by atoms with E-state index >= 15 is 0 Å². The number of carbonyl (C=O) groups is 1. The first-order chi connectivity index (χ1) is 11.0. The van der Waals surface area contributed by atoms with Gasteiger partial charge in [-0.05, 0) is 48.9 Å². The third-order valence-electron chi connectivity index (χ3n) is 3.85. The zero-order chi connectivity index (χ0) is 16.6. The summed E-state index contributed by atoms with van der Waals surface area (Å²) in [6.07, 6.45) is 0. The van der Waals surface area contributed by atoms with Crippen molar-refractivity contribution in [2.24, 2.45) is 5.73 Å². The second kappa shape index (κ2) is 6.40. The number of nitrogens with zero attached hydrogens (tertiary/aromatic N) is 1. The van der Waals surface area contributed by atoms with Gasteiger partial charge >= 0.3 is 0 Å². The van der Waals surface area contributed by atoms with Crippen molar-refractivity contribution in [1.82, 2.24) is 0 Å². The number of ether oxygens (including phenoxy) is 1. The lowest BCUT2D eigenvalue weighted by molar-refractivity contribution is -0.126. The fourth-order valence-corrected chi connectivity index (χ4v) is 3.26. The number of amides is 1. The van der Waals surface area contributed by atoms with Gasteiger partial charge in [-0.3, -0.25) is 4.79 Å². The monoisotopic (exact) mass is 350 g/mol. The number of hydrogen-bond donors (Lipinski definition) is 1. The summed E-state index contributed by atoms with van der Waals surface area (Å²) in [6.45, 7) is 2.51. The average Bonchev–Trinajstić information content (AvgIpc) is 2.54. The van der Waals surface area contributed by atoms with E-state index in [1.54, 1.807) is 17.0 Å². The molecule has 0 spiro atoms. The molecule has 120 valence electrons. The van der Waals surface area contributed by atoms with Crippen LogP contribution in [0.2, 0.25) is 10.0 Å². The molecule has 0 unspecified atom stereocenters. The highest BCUT2D eigenvalue weighted by molar-refractivity contribution is 6.35. The molecule has 1 saturated heterocycles. The normalized spacial score (nSPS) is 20.3. The molecular weight excluding hydrogens is 335 g/mol. The lowest BCUT2D eigenvalue weighted by Crippen LogP contribution is -2.63. The zero-order valence-corrected chi connectivity index (χ0v) is 14.0. The van der Waals surface area contributed by atoms with E-state index in [1.165, 1.54) is 0 Å². The second-order valence-electron chi connectivity index (χ2n) is 5.27. The van der Waals surface area contributed by atoms with Crippen molar-refractivity contribution in [1.29, 1.82) is 0 Å². The second-order valence-corrected chi connectivity index (χ2v) is 6.12. The van der Waals surface area contributed by atoms with Crippen molar-refractivity contribution in [2.45, 2.75) is 19.0 Å². The van der Waals surface area contributed by atoms with Gasteiger partial charge in [-0.2, -0.15) is 0 Å². The first-order valence-electron chi connectivity index (χ1n) is 7.29. The highest BCUT2D eigenvalue weighted by atomic mass is 35.5. The number of nitrogens with two attached hydrogens (primary N) is 1. The topological polar surface area (TPSA) is 55.6 Å². The minimum absolute atomic E-state index is 0.134. The van der Waals surface area contributed by atoms with Crippen LogP contribution in [0.25, 0.3) is 0 Å². The van der Waals surface area contributed by atoms with E-state index in [4.69, 9.17) is 33.7 Å². The molecule has 1 aliphatic rings. The van der Waals surface area contributed by atoms with Gasteiger partial charge in [-0.1, -0.05) is 29.3 Å². The largest absolute Gasteiger partial charge is 0.494 e. The summed E-state index contributed by atoms with van der Waals surface area (Å²) in [5.41, 5.74) is 7.55. The summed E-state index contributed by atoms with van der Waals surface area (Å²) in [5, 5.41) is 1.05. The highest BCUT2D eigenvalue weighted by Crippen LogP contribution is 2.41. The molecule has 0 aliphatic carbocycles. The van der Waals surface area contributed by atoms with Gasteiger partial charge in [0.25, 0.3) is 0 Å². The predicted octanol–water partition coefficient (Wildman–Crippen LogP) is 3.81. The van der Waals surface area contributed by atoms with Crippen LogP contribution in [0, 0.1) is 0 Å². The predicted molar refractivity (Wildman–Crippen MR) is 92.3 cm³/mol. The minimum Gasteiger partial charge on any atom is -0.494 e. The van der Waals surface area contributed by atoms with Gasteiger partial charge in [0.1, 0.15) is 11.8 Å². The van der Waals surface area contributed by atoms with Crippen LogP contribution in [0.15, 0.2) is 42.5 Å². The van der Waals surface area contributed by atoms with Gasteiger partial charge in [0.2, 0.25) is 5.91 Å². The van der Waals surface area contributed by atoms with E-state index in [2.05, 4.69) is 0 Å². The highest BCUT2D eigenvalue weighted by Gasteiger charge is 2.47. The molecule has 0 aromatic heterocycles. The van der Waals surface area contributed by atoms with Crippen molar-refractivity contribution >= 4 is 34.8 Å². The molecule has 6 heteroatoms. The van der Waals surface area contributed by atoms with Gasteiger partial charge in [-0.15, -0.1) is 0 Å². The zero-order valence-electron chi connectivity index (χ0n) is 12.5. The average molecular weight is 351 g/mol. The quantitative estimate of drug-likeness (QED) is 0.853. The number of anilines is 1. The van der Waals surface area contributed by atoms with Crippen LogP contribution in [-0.4, -0.2) is 18.6 Å². The lowest BCUT2D eigenvalue weighted by Gasteiger charge is -2.46. The van der Waals surface area contributed by atoms with Gasteiger partial charge in [0, 0.05) is 15.7 Å². The number of halogens is 2. The molecule has 0 radical (unpaired) electrons. The van der Waals surface area contributed by atoms with E-state index in [1.807, 2.05) is 37.3 Å². The van der Waals surface area contributed by atoms with Crippen LogP contribution in [-0.2, 0) is 4.79 Å². The Morgan fingerprint density at radius 1 is 1.17 bits per heavy atom. The van der Waals surface area contributed by atoms with Crippen molar-refractivity contribution in [2.75, 3.05) is 11.5 Å². The van der Waals surface area contributed by atoms with E-state index in [0.29, 0.717) is 16.7 Å². The van der Waals surface area contributed by atoms with Crippen molar-refractivity contribution in [3.8, 4) is 5.75 Å². The molecule has 2 aromatic carbocycles. The maximum Gasteiger partial charge on any atom is 0.247 e. The molecule has 4 nitrogen and oxygen atoms in total. The summed E-state index contributed by atoms with van der Waals surface area (Å²) in [7, 11) is 0. The van der Waals surface area contributed by atoms with Crippen molar-refractivity contribution in [3.05, 3.63) is 58.1 Å². The number of β-lactam (4-membered cyclic amide) rings is 1. The molecule has 0 bridgehead atoms. The first kappa shape index (κ1) is 16.1. The molecule has 1 heterocycles. The van der Waals surface area contributed by atoms with Gasteiger partial charge < -0.3 is 15.4 Å². The SMILES string of the molecule is CCOc1ccc(N2C(=O)[C@H](N)[C@@H]2c2ccc(Cl)cc2Cl)cc1. The number of carbonyl (C=O) groups excluding carboxylic acids is 1. The fourth-order valence-electron chi connectivity index (χ4n) is 2.74. The molecule has 1 amide bonds. The molecule has 3 rings (SSSR count). The van der Waals surface area contributed by atoms with E-state index in [9.17, 15) is 4.79 Å². The summed E-state index contributed by atoms with van der Waals surface area (Å²) < 4.78 is 5.42. The summed E-state index contributed by atoms with van der Waals surface area (Å²) >= 11 is 12.2. The summed E-state index contributed by atoms with van der Waals surface area (Å²) in [4.78, 5) is 13.9. The van der Waals surface area contributed by atoms with Gasteiger partial charge in [0.15, 0.2) is 0 Å². The third kappa shape index (κ3) is 2.90. The van der Waals surface area contributed by atoms with Crippen LogP contribution >= 0.6 is 23.2 Å². The maximum atomic E-state index is 12.2. The van der Waals surface area contributed by atoms with Gasteiger partial charge in [0.05, 0.1) is 12.6 Å².